The van der Waals surface area contributed by atoms with Crippen LogP contribution >= 0.6 is 11.6 Å². The van der Waals surface area contributed by atoms with Crippen molar-refractivity contribution in [1.29, 1.82) is 0 Å². The van der Waals surface area contributed by atoms with Crippen LogP contribution in [0.5, 0.6) is 0 Å². The van der Waals surface area contributed by atoms with Crippen LogP contribution in [0.15, 0.2) is 0 Å². The van der Waals surface area contributed by atoms with Crippen LogP contribution in [0, 0.1) is 11.3 Å². The molecule has 0 heterocycles. The largest absolute Gasteiger partial charge is 0.119 e. The molecule has 3 aliphatic rings. The number of hydrogen-bond acceptors (Lipinski definition) is 0. The predicted octanol–water partition coefficient (Wildman–Crippen LogP) is 3.58. The van der Waals surface area contributed by atoms with Crippen LogP contribution in [0.3, 0.4) is 0 Å². The highest BCUT2D eigenvalue weighted by molar-refractivity contribution is 6.24. The quantitative estimate of drug-likeness (QED) is 0.490. The van der Waals surface area contributed by atoms with Crippen molar-refractivity contribution < 1.29 is 0 Å². The van der Waals surface area contributed by atoms with E-state index in [1.165, 1.54) is 32.1 Å². The van der Waals surface area contributed by atoms with Gasteiger partial charge in [0.2, 0.25) is 0 Å². The molecule has 64 valence electrons. The van der Waals surface area contributed by atoms with Crippen LogP contribution in [0.25, 0.3) is 0 Å². The third kappa shape index (κ3) is 1.20. The molecular weight excluding hydrogens is 156 g/mol. The van der Waals surface area contributed by atoms with Crippen LogP contribution in [0.2, 0.25) is 0 Å². The molecule has 0 saturated heterocycles. The van der Waals surface area contributed by atoms with Crippen molar-refractivity contribution in [3.8, 4) is 0 Å². The fraction of sp³-hybridized carbons (Fsp3) is 1.00. The fourth-order valence-corrected chi connectivity index (χ4v) is 3.62. The Morgan fingerprint density at radius 1 is 1.18 bits per heavy atom. The monoisotopic (exact) mass is 172 g/mol. The zero-order valence-corrected chi connectivity index (χ0v) is 8.25. The zero-order valence-electron chi connectivity index (χ0n) is 7.49. The van der Waals surface area contributed by atoms with E-state index in [1.54, 1.807) is 0 Å². The van der Waals surface area contributed by atoms with Gasteiger partial charge in [0.1, 0.15) is 0 Å². The Morgan fingerprint density at radius 3 is 2.00 bits per heavy atom. The first-order valence-corrected chi connectivity index (χ1v) is 5.09. The molecule has 0 atom stereocenters. The molecule has 2 bridgehead atoms. The van der Waals surface area contributed by atoms with Crippen LogP contribution in [-0.2, 0) is 0 Å². The summed E-state index contributed by atoms with van der Waals surface area (Å²) in [5.41, 5.74) is 0.526. The molecule has 3 rings (SSSR count). The smallest absolute Gasteiger partial charge is 0.0452 e. The summed E-state index contributed by atoms with van der Waals surface area (Å²) in [6, 6.07) is 0. The van der Waals surface area contributed by atoms with Gasteiger partial charge in [-0.2, -0.15) is 0 Å². The third-order valence-corrected chi connectivity index (χ3v) is 4.27. The van der Waals surface area contributed by atoms with Gasteiger partial charge in [0.15, 0.2) is 0 Å². The molecule has 0 spiro atoms. The van der Waals surface area contributed by atoms with Crippen LogP contribution in [0.4, 0.5) is 0 Å². The Kier molecular flexibility index (Phi) is 1.55. The predicted molar refractivity (Wildman–Crippen MR) is 48.9 cm³/mol. The van der Waals surface area contributed by atoms with E-state index in [2.05, 4.69) is 13.8 Å². The van der Waals surface area contributed by atoms with Crippen molar-refractivity contribution >= 4 is 11.6 Å². The van der Waals surface area contributed by atoms with Crippen molar-refractivity contribution in [2.75, 3.05) is 0 Å². The maximum Gasteiger partial charge on any atom is 0.0452 e. The lowest BCUT2D eigenvalue weighted by atomic mass is 9.57. The fourth-order valence-electron chi connectivity index (χ4n) is 3.05. The second kappa shape index (κ2) is 2.16. The molecule has 0 aliphatic heterocycles. The molecule has 3 saturated carbocycles. The molecule has 0 N–H and O–H groups in total. The molecule has 0 radical (unpaired) electrons. The molecule has 0 amide bonds. The Hall–Kier alpha value is 0.290. The van der Waals surface area contributed by atoms with Crippen LogP contribution < -0.4 is 0 Å². The van der Waals surface area contributed by atoms with Gasteiger partial charge < -0.3 is 0 Å². The molecule has 11 heavy (non-hydrogen) atoms. The van der Waals surface area contributed by atoms with E-state index in [1.807, 2.05) is 0 Å². The summed E-state index contributed by atoms with van der Waals surface area (Å²) in [4.78, 5) is 0.193. The summed E-state index contributed by atoms with van der Waals surface area (Å²) >= 11 is 6.48. The van der Waals surface area contributed by atoms with Crippen molar-refractivity contribution in [2.45, 2.75) is 50.8 Å². The number of halogens is 1. The summed E-state index contributed by atoms with van der Waals surface area (Å²) in [7, 11) is 0. The highest BCUT2D eigenvalue weighted by atomic mass is 35.5. The lowest BCUT2D eigenvalue weighted by Gasteiger charge is -2.52. The Labute approximate surface area is 74.3 Å². The molecule has 0 aromatic heterocycles. The van der Waals surface area contributed by atoms with Gasteiger partial charge in [-0.25, -0.2) is 0 Å². The molecule has 3 fully saturated rings. The first-order chi connectivity index (χ1) is 5.02. The van der Waals surface area contributed by atoms with Gasteiger partial charge in [-0.1, -0.05) is 13.8 Å². The Bertz CT molecular complexity index is 161. The normalized spacial score (nSPS) is 47.7. The standard InChI is InChI=1S/C10H17Cl/c1-9(2)7-10(11)5-3-8(9)4-6-10/h8H,3-7H2,1-2H3. The summed E-state index contributed by atoms with van der Waals surface area (Å²) in [5, 5.41) is 0. The van der Waals surface area contributed by atoms with Crippen molar-refractivity contribution in [3.63, 3.8) is 0 Å². The molecule has 3 aliphatic carbocycles. The first kappa shape index (κ1) is 7.91. The van der Waals surface area contributed by atoms with Crippen LogP contribution in [0.1, 0.15) is 46.0 Å². The lowest BCUT2D eigenvalue weighted by Crippen LogP contribution is -2.45. The van der Waals surface area contributed by atoms with Gasteiger partial charge >= 0.3 is 0 Å². The van der Waals surface area contributed by atoms with E-state index < -0.39 is 0 Å². The molecule has 0 unspecified atom stereocenters. The van der Waals surface area contributed by atoms with Gasteiger partial charge in [0.05, 0.1) is 0 Å². The van der Waals surface area contributed by atoms with E-state index in [9.17, 15) is 0 Å². The van der Waals surface area contributed by atoms with Gasteiger partial charge in [-0.3, -0.25) is 0 Å². The minimum Gasteiger partial charge on any atom is -0.119 e. The van der Waals surface area contributed by atoms with E-state index in [0.29, 0.717) is 5.41 Å². The maximum absolute atomic E-state index is 6.48. The van der Waals surface area contributed by atoms with E-state index in [-0.39, 0.29) is 4.87 Å². The average molecular weight is 173 g/mol. The topological polar surface area (TPSA) is 0 Å². The molecule has 0 aromatic rings. The van der Waals surface area contributed by atoms with Gasteiger partial charge in [0, 0.05) is 4.87 Å². The average Bonchev–Trinajstić information content (AvgIpc) is 1.84. The summed E-state index contributed by atoms with van der Waals surface area (Å²) < 4.78 is 0. The summed E-state index contributed by atoms with van der Waals surface area (Å²) in [5.74, 6) is 0.961. The van der Waals surface area contributed by atoms with Crippen molar-refractivity contribution in [1.82, 2.24) is 0 Å². The minimum absolute atomic E-state index is 0.193. The summed E-state index contributed by atoms with van der Waals surface area (Å²) in [6.07, 6.45) is 6.52. The lowest BCUT2D eigenvalue weighted by molar-refractivity contribution is 0.0458. The minimum atomic E-state index is 0.193. The zero-order chi connectivity index (χ0) is 8.11. The third-order valence-electron chi connectivity index (χ3n) is 3.76. The molecule has 0 aromatic carbocycles. The number of alkyl halides is 1. The second-order valence-electron chi connectivity index (χ2n) is 5.09. The Balaban J connectivity index is 2.22. The number of fused-ring (bicyclic) bond motifs is 3. The second-order valence-corrected chi connectivity index (χ2v) is 5.89. The van der Waals surface area contributed by atoms with Gasteiger partial charge in [0.25, 0.3) is 0 Å². The Morgan fingerprint density at radius 2 is 1.73 bits per heavy atom. The van der Waals surface area contributed by atoms with Crippen LogP contribution in [-0.4, -0.2) is 4.87 Å². The van der Waals surface area contributed by atoms with Crippen molar-refractivity contribution in [2.24, 2.45) is 11.3 Å². The maximum atomic E-state index is 6.48. The van der Waals surface area contributed by atoms with E-state index >= 15 is 0 Å². The number of rotatable bonds is 0. The van der Waals surface area contributed by atoms with E-state index in [0.717, 1.165) is 5.92 Å². The highest BCUT2D eigenvalue weighted by Crippen LogP contribution is 2.56. The first-order valence-electron chi connectivity index (χ1n) is 4.71. The molecule has 0 nitrogen and oxygen atoms in total. The SMILES string of the molecule is CC1(C)CC2(Cl)CCC1CC2. The summed E-state index contributed by atoms with van der Waals surface area (Å²) in [6.45, 7) is 4.76. The van der Waals surface area contributed by atoms with Gasteiger partial charge in [-0.15, -0.1) is 11.6 Å². The highest BCUT2D eigenvalue weighted by Gasteiger charge is 2.48. The van der Waals surface area contributed by atoms with Crippen molar-refractivity contribution in [3.05, 3.63) is 0 Å². The number of hydrogen-bond donors (Lipinski definition) is 0. The van der Waals surface area contributed by atoms with E-state index in [4.69, 9.17) is 11.6 Å². The molecule has 1 heteroatoms. The molecular formula is C10H17Cl. The van der Waals surface area contributed by atoms with Gasteiger partial charge in [-0.05, 0) is 43.4 Å².